The van der Waals surface area contributed by atoms with E-state index in [9.17, 15) is 9.59 Å². The fraction of sp³-hybridized carbons (Fsp3) is 0.192. The number of ether oxygens (including phenoxy) is 1. The molecule has 1 atom stereocenters. The zero-order chi connectivity index (χ0) is 23.6. The fourth-order valence-corrected chi connectivity index (χ4v) is 3.32. The molecule has 0 spiro atoms. The van der Waals surface area contributed by atoms with Crippen molar-refractivity contribution in [1.29, 1.82) is 5.26 Å². The minimum atomic E-state index is -0.809. The molecule has 0 heterocycles. The van der Waals surface area contributed by atoms with Crippen molar-refractivity contribution in [2.45, 2.75) is 19.4 Å². The normalized spacial score (nSPS) is 11.1. The van der Waals surface area contributed by atoms with Gasteiger partial charge in [-0.3, -0.25) is 20.0 Å². The minimum absolute atomic E-state index is 0.276. The van der Waals surface area contributed by atoms with Crippen LogP contribution in [0.25, 0.3) is 0 Å². The molecule has 0 saturated carbocycles. The van der Waals surface area contributed by atoms with Gasteiger partial charge in [-0.15, -0.1) is 0 Å². The quantitative estimate of drug-likeness (QED) is 0.492. The SMILES string of the molecule is CCN(Nc1ccc(OC)cc1)C(=O)C(Cc1ccccc1)NC(=O)c1cccc(C#N)c1. The summed E-state index contributed by atoms with van der Waals surface area (Å²) < 4.78 is 5.18. The van der Waals surface area contributed by atoms with Crippen LogP contribution in [0.3, 0.4) is 0 Å². The van der Waals surface area contributed by atoms with Gasteiger partial charge in [0, 0.05) is 18.5 Å². The van der Waals surface area contributed by atoms with E-state index in [4.69, 9.17) is 10.00 Å². The van der Waals surface area contributed by atoms with Crippen LogP contribution in [0.1, 0.15) is 28.4 Å². The molecule has 33 heavy (non-hydrogen) atoms. The number of rotatable bonds is 9. The summed E-state index contributed by atoms with van der Waals surface area (Å²) in [6.45, 7) is 2.24. The number of likely N-dealkylation sites (N-methyl/N-ethyl adjacent to an activating group) is 1. The topological polar surface area (TPSA) is 94.5 Å². The molecule has 0 saturated heterocycles. The number of nitriles is 1. The zero-order valence-electron chi connectivity index (χ0n) is 18.6. The third kappa shape index (κ3) is 6.34. The summed E-state index contributed by atoms with van der Waals surface area (Å²) in [5.74, 6) is 0.0209. The molecule has 0 aliphatic carbocycles. The summed E-state index contributed by atoms with van der Waals surface area (Å²) in [5.41, 5.74) is 5.45. The Labute approximate surface area is 193 Å². The summed E-state index contributed by atoms with van der Waals surface area (Å²) in [4.78, 5) is 26.4. The van der Waals surface area contributed by atoms with Crippen LogP contribution in [0.4, 0.5) is 5.69 Å². The number of hydrogen-bond donors (Lipinski definition) is 2. The first-order valence-corrected chi connectivity index (χ1v) is 10.6. The molecule has 0 bridgehead atoms. The smallest absolute Gasteiger partial charge is 0.263 e. The van der Waals surface area contributed by atoms with Crippen molar-refractivity contribution < 1.29 is 14.3 Å². The number of amides is 2. The molecule has 0 radical (unpaired) electrons. The minimum Gasteiger partial charge on any atom is -0.497 e. The zero-order valence-corrected chi connectivity index (χ0v) is 18.6. The van der Waals surface area contributed by atoms with Gasteiger partial charge in [0.05, 0.1) is 24.4 Å². The number of carbonyl (C=O) groups is 2. The van der Waals surface area contributed by atoms with Gasteiger partial charge in [0.15, 0.2) is 0 Å². The first-order chi connectivity index (χ1) is 16.0. The van der Waals surface area contributed by atoms with Crippen LogP contribution in [0.2, 0.25) is 0 Å². The molecular formula is C26H26N4O3. The lowest BCUT2D eigenvalue weighted by Crippen LogP contribution is -2.51. The maximum absolute atomic E-state index is 13.5. The average molecular weight is 443 g/mol. The Bertz CT molecular complexity index is 1120. The van der Waals surface area contributed by atoms with E-state index < -0.39 is 11.9 Å². The maximum Gasteiger partial charge on any atom is 0.263 e. The number of hydrogen-bond acceptors (Lipinski definition) is 5. The van der Waals surface area contributed by atoms with Crippen molar-refractivity contribution >= 4 is 17.5 Å². The number of hydrazine groups is 1. The van der Waals surface area contributed by atoms with Gasteiger partial charge in [-0.1, -0.05) is 36.4 Å². The van der Waals surface area contributed by atoms with Gasteiger partial charge in [0.25, 0.3) is 11.8 Å². The van der Waals surface area contributed by atoms with Crippen molar-refractivity contribution in [2.24, 2.45) is 0 Å². The Morgan fingerprint density at radius 1 is 1.03 bits per heavy atom. The summed E-state index contributed by atoms with van der Waals surface area (Å²) in [5, 5.41) is 13.5. The number of methoxy groups -OCH3 is 1. The van der Waals surface area contributed by atoms with Gasteiger partial charge in [0.1, 0.15) is 11.8 Å². The van der Waals surface area contributed by atoms with Gasteiger partial charge < -0.3 is 10.1 Å². The van der Waals surface area contributed by atoms with Gasteiger partial charge in [-0.2, -0.15) is 5.26 Å². The highest BCUT2D eigenvalue weighted by molar-refractivity contribution is 5.98. The lowest BCUT2D eigenvalue weighted by molar-refractivity contribution is -0.131. The van der Waals surface area contributed by atoms with E-state index in [1.165, 1.54) is 11.1 Å². The van der Waals surface area contributed by atoms with E-state index in [-0.39, 0.29) is 5.91 Å². The van der Waals surface area contributed by atoms with Crippen LogP contribution < -0.4 is 15.5 Å². The fourth-order valence-electron chi connectivity index (χ4n) is 3.32. The first-order valence-electron chi connectivity index (χ1n) is 10.6. The highest BCUT2D eigenvalue weighted by atomic mass is 16.5. The van der Waals surface area contributed by atoms with Crippen molar-refractivity contribution in [3.63, 3.8) is 0 Å². The molecular weight excluding hydrogens is 416 g/mol. The van der Waals surface area contributed by atoms with Gasteiger partial charge >= 0.3 is 0 Å². The van der Waals surface area contributed by atoms with E-state index in [2.05, 4.69) is 10.7 Å². The number of carbonyl (C=O) groups excluding carboxylic acids is 2. The van der Waals surface area contributed by atoms with Crippen molar-refractivity contribution in [3.8, 4) is 11.8 Å². The molecule has 0 fully saturated rings. The molecule has 0 aliphatic heterocycles. The van der Waals surface area contributed by atoms with E-state index in [1.54, 1.807) is 37.4 Å². The van der Waals surface area contributed by atoms with Crippen molar-refractivity contribution in [3.05, 3.63) is 95.6 Å². The Hall–Kier alpha value is -4.31. The Balaban J connectivity index is 1.82. The molecule has 7 heteroatoms. The van der Waals surface area contributed by atoms with Crippen molar-refractivity contribution in [1.82, 2.24) is 10.3 Å². The predicted octanol–water partition coefficient (Wildman–Crippen LogP) is 3.78. The Kier molecular flexibility index (Phi) is 8.03. The molecule has 7 nitrogen and oxygen atoms in total. The Morgan fingerprint density at radius 2 is 1.76 bits per heavy atom. The molecule has 2 amide bonds. The number of anilines is 1. The number of nitrogens with one attached hydrogen (secondary N) is 2. The van der Waals surface area contributed by atoms with E-state index >= 15 is 0 Å². The van der Waals surface area contributed by atoms with Gasteiger partial charge in [-0.05, 0) is 55.0 Å². The maximum atomic E-state index is 13.5. The molecule has 0 aliphatic rings. The summed E-state index contributed by atoms with van der Waals surface area (Å²) in [7, 11) is 1.59. The second-order valence-corrected chi connectivity index (χ2v) is 7.33. The third-order valence-electron chi connectivity index (χ3n) is 5.08. The van der Waals surface area contributed by atoms with Crippen LogP contribution in [0.15, 0.2) is 78.9 Å². The monoisotopic (exact) mass is 442 g/mol. The molecule has 3 rings (SSSR count). The van der Waals surface area contributed by atoms with Crippen LogP contribution in [-0.4, -0.2) is 36.5 Å². The number of benzene rings is 3. The molecule has 2 N–H and O–H groups in total. The second kappa shape index (κ2) is 11.3. The van der Waals surface area contributed by atoms with E-state index in [0.29, 0.717) is 29.8 Å². The van der Waals surface area contributed by atoms with Gasteiger partial charge in [0.2, 0.25) is 0 Å². The van der Waals surface area contributed by atoms with Crippen LogP contribution in [0.5, 0.6) is 5.75 Å². The largest absolute Gasteiger partial charge is 0.497 e. The third-order valence-corrected chi connectivity index (χ3v) is 5.08. The van der Waals surface area contributed by atoms with Crippen LogP contribution >= 0.6 is 0 Å². The molecule has 0 aromatic heterocycles. The highest BCUT2D eigenvalue weighted by Gasteiger charge is 2.26. The summed E-state index contributed by atoms with van der Waals surface area (Å²) in [6.07, 6.45) is 0.324. The lowest BCUT2D eigenvalue weighted by atomic mass is 10.0. The Morgan fingerprint density at radius 3 is 2.39 bits per heavy atom. The van der Waals surface area contributed by atoms with Crippen molar-refractivity contribution in [2.75, 3.05) is 19.1 Å². The van der Waals surface area contributed by atoms with Crippen LogP contribution in [0, 0.1) is 11.3 Å². The molecule has 168 valence electrons. The standard InChI is InChI=1S/C26H26N4O3/c1-3-30(29-22-12-14-23(33-2)15-13-22)26(32)24(17-19-8-5-4-6-9-19)28-25(31)21-11-7-10-20(16-21)18-27/h4-16,24,29H,3,17H2,1-2H3,(H,28,31). The molecule has 3 aromatic carbocycles. The average Bonchev–Trinajstić information content (AvgIpc) is 2.87. The summed E-state index contributed by atoms with van der Waals surface area (Å²) >= 11 is 0. The summed E-state index contributed by atoms with van der Waals surface area (Å²) in [6, 6.07) is 24.3. The van der Waals surface area contributed by atoms with Gasteiger partial charge in [-0.25, -0.2) is 0 Å². The molecule has 3 aromatic rings. The van der Waals surface area contributed by atoms with Crippen LogP contribution in [-0.2, 0) is 11.2 Å². The van der Waals surface area contributed by atoms with E-state index in [0.717, 1.165) is 11.3 Å². The first kappa shape index (κ1) is 23.4. The predicted molar refractivity (Wildman–Crippen MR) is 127 cm³/mol. The highest BCUT2D eigenvalue weighted by Crippen LogP contribution is 2.16. The second-order valence-electron chi connectivity index (χ2n) is 7.33. The number of nitrogens with zero attached hydrogens (tertiary/aromatic N) is 2. The lowest BCUT2D eigenvalue weighted by Gasteiger charge is -2.28. The molecule has 1 unspecified atom stereocenters. The van der Waals surface area contributed by atoms with E-state index in [1.807, 2.05) is 55.5 Å².